The van der Waals surface area contributed by atoms with Gasteiger partial charge in [-0.05, 0) is 6.92 Å². The number of carbonyl (C=O) groups is 3. The Morgan fingerprint density at radius 1 is 1.45 bits per heavy atom. The Balaban J connectivity index is 1.57. The van der Waals surface area contributed by atoms with Gasteiger partial charge in [0.15, 0.2) is 10.8 Å². The molecule has 2 aromatic heterocycles. The summed E-state index contributed by atoms with van der Waals surface area (Å²) < 4.78 is 32.2. The van der Waals surface area contributed by atoms with Crippen LogP contribution < -0.4 is 20.5 Å². The molecule has 0 bridgehead atoms. The third-order valence-corrected chi connectivity index (χ3v) is 5.31. The zero-order chi connectivity index (χ0) is 22.8. The molecule has 1 aliphatic rings. The van der Waals surface area contributed by atoms with Crippen LogP contribution >= 0.6 is 11.3 Å². The maximum Gasteiger partial charge on any atom is 0.339 e. The molecule has 0 saturated carbocycles. The summed E-state index contributed by atoms with van der Waals surface area (Å²) in [6.07, 6.45) is 0. The lowest BCUT2D eigenvalue weighted by molar-refractivity contribution is -0.141. The van der Waals surface area contributed by atoms with E-state index in [4.69, 9.17) is 10.3 Å². The number of nitrogens with two attached hydrogens (primary N) is 1. The topological polar surface area (TPSA) is 211 Å². The number of imide groups is 1. The third-order valence-electron chi connectivity index (χ3n) is 3.73. The van der Waals surface area contributed by atoms with Crippen LogP contribution in [-0.2, 0) is 24.6 Å². The van der Waals surface area contributed by atoms with Crippen LogP contribution in [0.25, 0.3) is 0 Å². The maximum absolute atomic E-state index is 12.4. The number of amides is 4. The molecule has 1 fully saturated rings. The molecule has 3 rings (SSSR count). The second kappa shape index (κ2) is 8.56. The van der Waals surface area contributed by atoms with Gasteiger partial charge >= 0.3 is 16.2 Å². The van der Waals surface area contributed by atoms with Gasteiger partial charge in [-0.15, -0.1) is 11.3 Å². The summed E-state index contributed by atoms with van der Waals surface area (Å²) in [7, 11) is -3.16. The Bertz CT molecular complexity index is 1160. The predicted molar refractivity (Wildman–Crippen MR) is 106 cm³/mol. The van der Waals surface area contributed by atoms with Gasteiger partial charge in [-0.1, -0.05) is 10.3 Å². The van der Waals surface area contributed by atoms with Crippen molar-refractivity contribution in [1.29, 1.82) is 0 Å². The molecule has 166 valence electrons. The predicted octanol–water partition coefficient (Wildman–Crippen LogP) is -1.23. The van der Waals surface area contributed by atoms with Crippen molar-refractivity contribution in [3.05, 3.63) is 22.8 Å². The zero-order valence-electron chi connectivity index (χ0n) is 16.0. The number of nitrogens with one attached hydrogen (secondary N) is 3. The molecular formula is C14H16N8O7S2. The molecular weight excluding hydrogens is 456 g/mol. The van der Waals surface area contributed by atoms with Gasteiger partial charge in [0, 0.05) is 11.4 Å². The van der Waals surface area contributed by atoms with E-state index in [1.165, 1.54) is 18.6 Å². The molecule has 15 nitrogen and oxygen atoms in total. The zero-order valence-corrected chi connectivity index (χ0v) is 17.6. The van der Waals surface area contributed by atoms with Crippen molar-refractivity contribution >= 4 is 56.1 Å². The van der Waals surface area contributed by atoms with Crippen molar-refractivity contribution in [2.24, 2.45) is 5.16 Å². The summed E-state index contributed by atoms with van der Waals surface area (Å²) in [5.41, 5.74) is 5.87. The van der Waals surface area contributed by atoms with E-state index in [-0.39, 0.29) is 29.0 Å². The summed E-state index contributed by atoms with van der Waals surface area (Å²) in [6, 6.07) is -1.000. The van der Waals surface area contributed by atoms with Gasteiger partial charge in [0.2, 0.25) is 5.88 Å². The molecule has 0 unspecified atom stereocenters. The summed E-state index contributed by atoms with van der Waals surface area (Å²) in [5.74, 6) is -1.84. The van der Waals surface area contributed by atoms with Crippen molar-refractivity contribution in [1.82, 2.24) is 25.1 Å². The first kappa shape index (κ1) is 22.0. The number of nitrogen functional groups attached to an aromatic ring is 1. The highest BCUT2D eigenvalue weighted by atomic mass is 32.2. The lowest BCUT2D eigenvalue weighted by Gasteiger charge is -2.36. The van der Waals surface area contributed by atoms with Crippen molar-refractivity contribution in [2.45, 2.75) is 13.0 Å². The van der Waals surface area contributed by atoms with Crippen LogP contribution in [-0.4, -0.2) is 66.7 Å². The Kier molecular flexibility index (Phi) is 6.07. The minimum Gasteiger partial charge on any atom is -0.398 e. The molecule has 17 heteroatoms. The fourth-order valence-electron chi connectivity index (χ4n) is 2.38. The van der Waals surface area contributed by atoms with Crippen LogP contribution in [0.4, 0.5) is 15.8 Å². The Morgan fingerprint density at radius 2 is 2.19 bits per heavy atom. The summed E-state index contributed by atoms with van der Waals surface area (Å²) in [4.78, 5) is 45.8. The van der Waals surface area contributed by atoms with Crippen LogP contribution in [0.1, 0.15) is 11.4 Å². The number of thiazole rings is 1. The van der Waals surface area contributed by atoms with E-state index >= 15 is 0 Å². The number of aryl methyl sites for hydroxylation is 1. The van der Waals surface area contributed by atoms with Gasteiger partial charge in [0.25, 0.3) is 11.8 Å². The third kappa shape index (κ3) is 5.07. The first-order chi connectivity index (χ1) is 14.6. The largest absolute Gasteiger partial charge is 0.398 e. The van der Waals surface area contributed by atoms with Crippen molar-refractivity contribution in [3.8, 4) is 0 Å². The van der Waals surface area contributed by atoms with E-state index in [1.807, 2.05) is 4.72 Å². The van der Waals surface area contributed by atoms with Crippen molar-refractivity contribution in [2.75, 3.05) is 24.1 Å². The molecule has 1 atom stereocenters. The second-order valence-corrected chi connectivity index (χ2v) is 8.32. The van der Waals surface area contributed by atoms with Crippen LogP contribution in [0.2, 0.25) is 0 Å². The molecule has 3 heterocycles. The van der Waals surface area contributed by atoms with Gasteiger partial charge in [0.05, 0.1) is 12.2 Å². The van der Waals surface area contributed by atoms with E-state index in [0.29, 0.717) is 10.6 Å². The van der Waals surface area contributed by atoms with E-state index in [1.54, 1.807) is 11.6 Å². The maximum atomic E-state index is 12.4. The molecule has 5 N–H and O–H groups in total. The smallest absolute Gasteiger partial charge is 0.339 e. The monoisotopic (exact) mass is 472 g/mol. The first-order valence-electron chi connectivity index (χ1n) is 8.32. The number of hydrogen-bond acceptors (Lipinski definition) is 12. The fraction of sp³-hybridized carbons (Fsp3) is 0.286. The van der Waals surface area contributed by atoms with E-state index in [9.17, 15) is 22.8 Å². The number of aromatic nitrogens is 2. The van der Waals surface area contributed by atoms with Gasteiger partial charge in [-0.25, -0.2) is 19.2 Å². The lowest BCUT2D eigenvalue weighted by atomic mass is 10.1. The van der Waals surface area contributed by atoms with E-state index in [2.05, 4.69) is 25.5 Å². The Hall–Kier alpha value is -3.73. The lowest BCUT2D eigenvalue weighted by Crippen LogP contribution is -2.68. The molecule has 0 spiro atoms. The average molecular weight is 472 g/mol. The summed E-state index contributed by atoms with van der Waals surface area (Å²) in [5, 5.41) is 11.1. The quantitative estimate of drug-likeness (QED) is 0.214. The van der Waals surface area contributed by atoms with Crippen LogP contribution in [0.5, 0.6) is 0 Å². The number of β-lactam (4-membered cyclic amide) rings is 1. The highest BCUT2D eigenvalue weighted by Crippen LogP contribution is 2.15. The standard InChI is InChI=1S/C14H16N8O7S2/c1-6-3-9(29-18-6)20-31(26,27)21-14(25)22-4-7(12(22)24)16-11(23)10(19-28-2)8-5-30-13(15)17-8/h3,5,7,20H,4H2,1-2H3,(H2,15,17)(H,16,23)(H,21,25)/t7-/m0/s1. The number of rotatable bonds is 7. The number of nitrogens with zero attached hydrogens (tertiary/aromatic N) is 4. The van der Waals surface area contributed by atoms with Gasteiger partial charge in [0.1, 0.15) is 18.8 Å². The molecule has 31 heavy (non-hydrogen) atoms. The van der Waals surface area contributed by atoms with Crippen molar-refractivity contribution in [3.63, 3.8) is 0 Å². The van der Waals surface area contributed by atoms with E-state index < -0.39 is 34.1 Å². The SMILES string of the molecule is CON=C(C(=O)N[C@H]1CN(C(=O)NS(=O)(=O)Nc2cc(C)no2)C1=O)c1csc(N)n1. The normalized spacial score (nSPS) is 16.5. The highest BCUT2D eigenvalue weighted by molar-refractivity contribution is 7.91. The Labute approximate surface area is 178 Å². The van der Waals surface area contributed by atoms with Crippen LogP contribution in [0.3, 0.4) is 0 Å². The molecule has 2 aromatic rings. The summed E-state index contributed by atoms with van der Waals surface area (Å²) >= 11 is 1.08. The van der Waals surface area contributed by atoms with E-state index in [0.717, 1.165) is 11.3 Å². The molecule has 4 amide bonds. The fourth-order valence-corrected chi connectivity index (χ4v) is 3.68. The molecule has 0 aromatic carbocycles. The van der Waals surface area contributed by atoms with Crippen LogP contribution in [0, 0.1) is 6.92 Å². The van der Waals surface area contributed by atoms with Gasteiger partial charge < -0.3 is 20.4 Å². The second-order valence-electron chi connectivity index (χ2n) is 6.01. The molecule has 0 radical (unpaired) electrons. The Morgan fingerprint density at radius 3 is 2.74 bits per heavy atom. The highest BCUT2D eigenvalue weighted by Gasteiger charge is 2.43. The molecule has 1 saturated heterocycles. The first-order valence-corrected chi connectivity index (χ1v) is 10.7. The minimum absolute atomic E-state index is 0.142. The number of anilines is 2. The van der Waals surface area contributed by atoms with Crippen molar-refractivity contribution < 1.29 is 32.2 Å². The number of urea groups is 1. The number of oxime groups is 1. The number of carbonyl (C=O) groups excluding carboxylic acids is 3. The van der Waals surface area contributed by atoms with Crippen LogP contribution in [0.15, 0.2) is 21.1 Å². The molecule has 0 aliphatic carbocycles. The van der Waals surface area contributed by atoms with Gasteiger partial charge in [-0.3, -0.25) is 14.5 Å². The summed E-state index contributed by atoms with van der Waals surface area (Å²) in [6.45, 7) is 1.30. The number of likely N-dealkylation sites (tertiary alicyclic amines) is 1. The number of hydrogen-bond donors (Lipinski definition) is 4. The minimum atomic E-state index is -4.38. The van der Waals surface area contributed by atoms with Gasteiger partial charge in [-0.2, -0.15) is 8.42 Å². The molecule has 1 aliphatic heterocycles. The average Bonchev–Trinajstić information content (AvgIpc) is 3.29.